The number of halogens is 1. The summed E-state index contributed by atoms with van der Waals surface area (Å²) in [6.07, 6.45) is 1.41. The van der Waals surface area contributed by atoms with Crippen LogP contribution < -0.4 is 18.5 Å². The highest BCUT2D eigenvalue weighted by atomic mass is 35.5. The van der Waals surface area contributed by atoms with E-state index in [1.165, 1.54) is 19.4 Å². The van der Waals surface area contributed by atoms with Gasteiger partial charge in [0.25, 0.3) is 10.0 Å². The van der Waals surface area contributed by atoms with Crippen molar-refractivity contribution >= 4 is 27.4 Å². The normalized spacial score (nSPS) is 11.3. The average Bonchev–Trinajstić information content (AvgIpc) is 2.90. The van der Waals surface area contributed by atoms with Gasteiger partial charge in [-0.3, -0.25) is 0 Å². The zero-order chi connectivity index (χ0) is 26.6. The second-order valence-corrected chi connectivity index (χ2v) is 10.2. The first-order valence-corrected chi connectivity index (χ1v) is 13.1. The zero-order valence-electron chi connectivity index (χ0n) is 20.6. The Morgan fingerprint density at radius 1 is 0.892 bits per heavy atom. The van der Waals surface area contributed by atoms with E-state index in [0.29, 0.717) is 22.8 Å². The number of para-hydroxylation sites is 2. The minimum Gasteiger partial charge on any atom is -0.497 e. The lowest BCUT2D eigenvalue weighted by Crippen LogP contribution is -2.38. The predicted octanol–water partition coefficient (Wildman–Crippen LogP) is 5.61. The van der Waals surface area contributed by atoms with Crippen molar-refractivity contribution in [1.29, 1.82) is 0 Å². The Hall–Kier alpha value is -3.89. The van der Waals surface area contributed by atoms with Gasteiger partial charge >= 0.3 is 0 Å². The lowest BCUT2D eigenvalue weighted by molar-refractivity contribution is 0.378. The lowest BCUT2D eigenvalue weighted by atomic mass is 10.2. The highest BCUT2D eigenvalue weighted by Gasteiger charge is 2.34. The van der Waals surface area contributed by atoms with Crippen molar-refractivity contribution in [2.24, 2.45) is 0 Å². The third-order valence-corrected chi connectivity index (χ3v) is 7.39. The highest BCUT2D eigenvalue weighted by Crippen LogP contribution is 2.43. The van der Waals surface area contributed by atoms with Crippen LogP contribution in [-0.2, 0) is 10.0 Å². The molecule has 0 unspecified atom stereocenters. The van der Waals surface area contributed by atoms with Gasteiger partial charge in [-0.15, -0.1) is 0 Å². The average molecular weight is 541 g/mol. The molecule has 0 aliphatic heterocycles. The fraction of sp³-hybridized carbons (Fsp3) is 0.192. The molecule has 0 atom stereocenters. The molecule has 11 heteroatoms. The summed E-state index contributed by atoms with van der Waals surface area (Å²) in [5.74, 6) is 1.40. The van der Waals surface area contributed by atoms with Gasteiger partial charge < -0.3 is 14.2 Å². The van der Waals surface area contributed by atoms with Crippen molar-refractivity contribution < 1.29 is 22.6 Å². The van der Waals surface area contributed by atoms with E-state index >= 15 is 0 Å². The molecule has 0 radical (unpaired) electrons. The first kappa shape index (κ1) is 26.2. The quantitative estimate of drug-likeness (QED) is 0.252. The molecule has 0 amide bonds. The number of hydrogen-bond acceptors (Lipinski definition) is 8. The maximum absolute atomic E-state index is 13.8. The lowest BCUT2D eigenvalue weighted by Gasteiger charge is -2.28. The third kappa shape index (κ3) is 5.45. The maximum atomic E-state index is 13.8. The molecule has 2 heterocycles. The SMILES string of the molecule is COc1cccc(-c2nc(Cl)c(Oc3ccccc3OC)c(N(C(C)C)S(=O)(=O)c3ccccn3)n2)c1. The van der Waals surface area contributed by atoms with Crippen molar-refractivity contribution in [3.05, 3.63) is 78.1 Å². The first-order chi connectivity index (χ1) is 17.8. The Morgan fingerprint density at radius 2 is 1.62 bits per heavy atom. The second-order valence-electron chi connectivity index (χ2n) is 8.04. The van der Waals surface area contributed by atoms with Crippen LogP contribution in [0.4, 0.5) is 5.82 Å². The van der Waals surface area contributed by atoms with E-state index in [0.717, 1.165) is 4.31 Å². The molecule has 0 saturated carbocycles. The number of rotatable bonds is 9. The summed E-state index contributed by atoms with van der Waals surface area (Å²) >= 11 is 6.66. The molecule has 37 heavy (non-hydrogen) atoms. The summed E-state index contributed by atoms with van der Waals surface area (Å²) in [7, 11) is -1.13. The Balaban J connectivity index is 1.97. The fourth-order valence-electron chi connectivity index (χ4n) is 3.59. The van der Waals surface area contributed by atoms with Gasteiger partial charge in [0.15, 0.2) is 33.3 Å². The molecule has 0 aliphatic carbocycles. The highest BCUT2D eigenvalue weighted by molar-refractivity contribution is 7.92. The smallest absolute Gasteiger partial charge is 0.283 e. The van der Waals surface area contributed by atoms with Crippen LogP contribution in [0, 0.1) is 0 Å². The van der Waals surface area contributed by atoms with Crippen LogP contribution in [0.5, 0.6) is 23.0 Å². The minimum absolute atomic E-state index is 0.0500. The molecule has 0 N–H and O–H groups in total. The van der Waals surface area contributed by atoms with E-state index in [-0.39, 0.29) is 27.6 Å². The predicted molar refractivity (Wildman–Crippen MR) is 141 cm³/mol. The van der Waals surface area contributed by atoms with Gasteiger partial charge in [-0.1, -0.05) is 41.9 Å². The number of pyridine rings is 1. The van der Waals surface area contributed by atoms with E-state index in [4.69, 9.17) is 25.8 Å². The van der Waals surface area contributed by atoms with Crippen molar-refractivity contribution in [2.45, 2.75) is 24.9 Å². The van der Waals surface area contributed by atoms with Crippen LogP contribution in [0.1, 0.15) is 13.8 Å². The molecule has 0 spiro atoms. The van der Waals surface area contributed by atoms with Crippen molar-refractivity contribution in [3.63, 3.8) is 0 Å². The van der Waals surface area contributed by atoms with Crippen molar-refractivity contribution in [1.82, 2.24) is 15.0 Å². The fourth-order valence-corrected chi connectivity index (χ4v) is 5.35. The molecule has 0 aliphatic rings. The molecular formula is C26H25ClN4O5S. The van der Waals surface area contributed by atoms with E-state index < -0.39 is 16.1 Å². The standard InChI is InChI=1S/C26H25ClN4O5S/c1-17(2)31(37(32,33)22-14-7-8-15-28-22)26-23(36-21-13-6-5-12-20(21)35-4)24(27)29-25(30-26)18-10-9-11-19(16-18)34-3/h5-17H,1-4H3. The van der Waals surface area contributed by atoms with Crippen molar-refractivity contribution in [2.75, 3.05) is 18.5 Å². The molecule has 2 aromatic carbocycles. The first-order valence-electron chi connectivity index (χ1n) is 11.2. The Bertz CT molecular complexity index is 1500. The topological polar surface area (TPSA) is 104 Å². The molecular weight excluding hydrogens is 516 g/mol. The monoisotopic (exact) mass is 540 g/mol. The van der Waals surface area contributed by atoms with Crippen LogP contribution in [0.25, 0.3) is 11.4 Å². The minimum atomic E-state index is -4.18. The number of sulfonamides is 1. The van der Waals surface area contributed by atoms with Gasteiger partial charge in [0.1, 0.15) is 5.75 Å². The van der Waals surface area contributed by atoms with Crippen LogP contribution in [0.15, 0.2) is 78.0 Å². The largest absolute Gasteiger partial charge is 0.497 e. The molecule has 4 aromatic rings. The molecule has 0 bridgehead atoms. The number of nitrogens with zero attached hydrogens (tertiary/aromatic N) is 4. The number of hydrogen-bond donors (Lipinski definition) is 0. The molecule has 0 fully saturated rings. The summed E-state index contributed by atoms with van der Waals surface area (Å²) < 4.78 is 45.6. The van der Waals surface area contributed by atoms with Gasteiger partial charge in [-0.25, -0.2) is 19.3 Å². The second kappa shape index (κ2) is 11.0. The van der Waals surface area contributed by atoms with Crippen LogP contribution in [0.3, 0.4) is 0 Å². The molecule has 0 saturated heterocycles. The third-order valence-electron chi connectivity index (χ3n) is 5.25. The number of benzene rings is 2. The summed E-state index contributed by atoms with van der Waals surface area (Å²) in [5.41, 5.74) is 0.574. The van der Waals surface area contributed by atoms with Crippen molar-refractivity contribution in [3.8, 4) is 34.4 Å². The van der Waals surface area contributed by atoms with E-state index in [1.54, 1.807) is 81.6 Å². The van der Waals surface area contributed by atoms with Gasteiger partial charge in [0.2, 0.25) is 5.75 Å². The van der Waals surface area contributed by atoms with Crippen LogP contribution >= 0.6 is 11.6 Å². The zero-order valence-corrected chi connectivity index (χ0v) is 22.2. The van der Waals surface area contributed by atoms with Gasteiger partial charge in [0, 0.05) is 17.8 Å². The van der Waals surface area contributed by atoms with Gasteiger partial charge in [-0.05, 0) is 50.2 Å². The van der Waals surface area contributed by atoms with E-state index in [2.05, 4.69) is 15.0 Å². The number of ether oxygens (including phenoxy) is 3. The molecule has 192 valence electrons. The summed E-state index contributed by atoms with van der Waals surface area (Å²) in [6.45, 7) is 3.43. The summed E-state index contributed by atoms with van der Waals surface area (Å²) in [5, 5.41) is -0.236. The Kier molecular flexibility index (Phi) is 7.80. The molecule has 2 aromatic heterocycles. The molecule has 4 rings (SSSR count). The van der Waals surface area contributed by atoms with Gasteiger partial charge in [-0.2, -0.15) is 8.42 Å². The number of aromatic nitrogens is 3. The Labute approximate surface area is 220 Å². The number of methoxy groups -OCH3 is 2. The van der Waals surface area contributed by atoms with Crippen LogP contribution in [0.2, 0.25) is 5.15 Å². The summed E-state index contributed by atoms with van der Waals surface area (Å²) in [6, 6.07) is 18.0. The molecule has 9 nitrogen and oxygen atoms in total. The Morgan fingerprint density at radius 3 is 2.27 bits per heavy atom. The van der Waals surface area contributed by atoms with E-state index in [1.807, 2.05) is 0 Å². The summed E-state index contributed by atoms with van der Waals surface area (Å²) in [4.78, 5) is 13.1. The van der Waals surface area contributed by atoms with Gasteiger partial charge in [0.05, 0.1) is 14.2 Å². The van der Waals surface area contributed by atoms with E-state index in [9.17, 15) is 8.42 Å². The van der Waals surface area contributed by atoms with Crippen LogP contribution in [-0.4, -0.2) is 43.6 Å². The number of anilines is 1. The maximum Gasteiger partial charge on any atom is 0.283 e.